The number of nitro benzene ring substituents is 1. The van der Waals surface area contributed by atoms with Crippen LogP contribution in [0.15, 0.2) is 18.2 Å². The molecule has 0 aliphatic heterocycles. The first-order valence-corrected chi connectivity index (χ1v) is 5.24. The lowest BCUT2D eigenvalue weighted by molar-refractivity contribution is -0.384. The van der Waals surface area contributed by atoms with Gasteiger partial charge >= 0.3 is 5.97 Å². The molecule has 0 unspecified atom stereocenters. The fourth-order valence-corrected chi connectivity index (χ4v) is 1.36. The van der Waals surface area contributed by atoms with Crippen LogP contribution in [0.2, 0.25) is 0 Å². The molecule has 1 aromatic rings. The quantitative estimate of drug-likeness (QED) is 0.641. The van der Waals surface area contributed by atoms with Gasteiger partial charge in [0, 0.05) is 25.7 Å². The van der Waals surface area contributed by atoms with E-state index in [0.717, 1.165) is 23.1 Å². The van der Waals surface area contributed by atoms with Crippen LogP contribution in [0, 0.1) is 15.9 Å². The highest BCUT2D eigenvalue weighted by Gasteiger charge is 2.20. The summed E-state index contributed by atoms with van der Waals surface area (Å²) in [5.74, 6) is -2.79. The lowest BCUT2D eigenvalue weighted by atomic mass is 10.1. The number of carboxylic acid groups (broad SMARTS) is 1. The molecule has 102 valence electrons. The predicted molar refractivity (Wildman–Crippen MR) is 62.3 cm³/mol. The Hall–Kier alpha value is -2.51. The molecule has 1 aromatic carbocycles. The van der Waals surface area contributed by atoms with Crippen molar-refractivity contribution in [2.24, 2.45) is 0 Å². The second-order valence-electron chi connectivity index (χ2n) is 3.79. The highest BCUT2D eigenvalue weighted by molar-refractivity contribution is 5.95. The van der Waals surface area contributed by atoms with E-state index in [1.54, 1.807) is 0 Å². The van der Waals surface area contributed by atoms with Crippen LogP contribution >= 0.6 is 0 Å². The maximum absolute atomic E-state index is 13.5. The van der Waals surface area contributed by atoms with Gasteiger partial charge in [-0.15, -0.1) is 0 Å². The lowest BCUT2D eigenvalue weighted by Crippen LogP contribution is -2.29. The van der Waals surface area contributed by atoms with Gasteiger partial charge in [0.15, 0.2) is 0 Å². The molecule has 0 spiro atoms. The monoisotopic (exact) mass is 270 g/mol. The summed E-state index contributed by atoms with van der Waals surface area (Å²) in [6.07, 6.45) is -0.293. The first-order valence-electron chi connectivity index (χ1n) is 5.24. The zero-order valence-electron chi connectivity index (χ0n) is 10.00. The molecular formula is C11H11FN2O5. The van der Waals surface area contributed by atoms with Crippen molar-refractivity contribution in [3.05, 3.63) is 39.7 Å². The Morgan fingerprint density at radius 1 is 1.47 bits per heavy atom. The zero-order valence-corrected chi connectivity index (χ0v) is 10.00. The highest BCUT2D eigenvalue weighted by Crippen LogP contribution is 2.18. The van der Waals surface area contributed by atoms with E-state index in [9.17, 15) is 24.1 Å². The lowest BCUT2D eigenvalue weighted by Gasteiger charge is -2.16. The summed E-state index contributed by atoms with van der Waals surface area (Å²) in [5, 5.41) is 19.0. The SMILES string of the molecule is CN(CCC(=O)O)C(=O)c1cc([N+](=O)[O-])ccc1F. The average molecular weight is 270 g/mol. The number of halogens is 1. The molecule has 0 radical (unpaired) electrons. The molecule has 0 aromatic heterocycles. The molecule has 0 aliphatic carbocycles. The average Bonchev–Trinajstić information content (AvgIpc) is 2.35. The Kier molecular flexibility index (Phi) is 4.51. The molecule has 0 aliphatic rings. The summed E-state index contributed by atoms with van der Waals surface area (Å²) in [7, 11) is 1.30. The van der Waals surface area contributed by atoms with Gasteiger partial charge in [-0.05, 0) is 6.07 Å². The molecule has 0 heterocycles. The molecule has 7 nitrogen and oxygen atoms in total. The number of hydrogen-bond donors (Lipinski definition) is 1. The standard InChI is InChI=1S/C11H11FN2O5/c1-13(5-4-10(15)16)11(17)8-6-7(14(18)19)2-3-9(8)12/h2-3,6H,4-5H2,1H3,(H,15,16). The van der Waals surface area contributed by atoms with Crippen LogP contribution in [0.3, 0.4) is 0 Å². The van der Waals surface area contributed by atoms with Crippen LogP contribution in [0.5, 0.6) is 0 Å². The summed E-state index contributed by atoms with van der Waals surface area (Å²) in [6, 6.07) is 2.61. The largest absolute Gasteiger partial charge is 0.481 e. The van der Waals surface area contributed by atoms with E-state index < -0.39 is 33.9 Å². The fourth-order valence-electron chi connectivity index (χ4n) is 1.36. The number of nitrogens with zero attached hydrogens (tertiary/aromatic N) is 2. The van der Waals surface area contributed by atoms with Crippen molar-refractivity contribution in [2.75, 3.05) is 13.6 Å². The van der Waals surface area contributed by atoms with Crippen molar-refractivity contribution in [2.45, 2.75) is 6.42 Å². The Labute approximate surface area is 107 Å². The molecule has 19 heavy (non-hydrogen) atoms. The number of hydrogen-bond acceptors (Lipinski definition) is 4. The third-order valence-electron chi connectivity index (χ3n) is 2.40. The first-order chi connectivity index (χ1) is 8.82. The predicted octanol–water partition coefficient (Wildman–Crippen LogP) is 1.28. The van der Waals surface area contributed by atoms with E-state index in [1.807, 2.05) is 0 Å². The minimum absolute atomic E-state index is 0.115. The molecule has 0 saturated heterocycles. The van der Waals surface area contributed by atoms with Crippen molar-refractivity contribution in [3.63, 3.8) is 0 Å². The number of aliphatic carboxylic acids is 1. The molecular weight excluding hydrogens is 259 g/mol. The van der Waals surface area contributed by atoms with Crippen molar-refractivity contribution in [1.29, 1.82) is 0 Å². The number of carbonyl (C=O) groups excluding carboxylic acids is 1. The van der Waals surface area contributed by atoms with Crippen LogP contribution in [-0.4, -0.2) is 40.4 Å². The van der Waals surface area contributed by atoms with Crippen molar-refractivity contribution in [3.8, 4) is 0 Å². The zero-order chi connectivity index (χ0) is 14.6. The summed E-state index contributed by atoms with van der Waals surface area (Å²) in [6.45, 7) is -0.115. The van der Waals surface area contributed by atoms with Crippen LogP contribution in [0.4, 0.5) is 10.1 Å². The number of amides is 1. The first kappa shape index (κ1) is 14.6. The summed E-state index contributed by atoms with van der Waals surface area (Å²) in [4.78, 5) is 33.0. The smallest absolute Gasteiger partial charge is 0.305 e. The number of carbonyl (C=O) groups is 2. The summed E-state index contributed by atoms with van der Waals surface area (Å²) >= 11 is 0. The van der Waals surface area contributed by atoms with Crippen LogP contribution in [0.25, 0.3) is 0 Å². The summed E-state index contributed by atoms with van der Waals surface area (Å²) in [5.41, 5.74) is -0.863. The van der Waals surface area contributed by atoms with Crippen molar-refractivity contribution >= 4 is 17.6 Å². The Balaban J connectivity index is 2.95. The van der Waals surface area contributed by atoms with E-state index in [1.165, 1.54) is 7.05 Å². The minimum atomic E-state index is -1.10. The van der Waals surface area contributed by atoms with Gasteiger partial charge < -0.3 is 10.0 Å². The molecule has 0 atom stereocenters. The Morgan fingerprint density at radius 3 is 2.63 bits per heavy atom. The van der Waals surface area contributed by atoms with Gasteiger partial charge in [-0.2, -0.15) is 0 Å². The topological polar surface area (TPSA) is 101 Å². The Bertz CT molecular complexity index is 532. The molecule has 1 amide bonds. The fraction of sp³-hybridized carbons (Fsp3) is 0.273. The summed E-state index contributed by atoms with van der Waals surface area (Å²) < 4.78 is 13.5. The minimum Gasteiger partial charge on any atom is -0.481 e. The van der Waals surface area contributed by atoms with Gasteiger partial charge in [-0.25, -0.2) is 4.39 Å². The maximum atomic E-state index is 13.5. The third-order valence-corrected chi connectivity index (χ3v) is 2.40. The molecule has 0 saturated carbocycles. The second kappa shape index (κ2) is 5.89. The molecule has 8 heteroatoms. The number of nitro groups is 1. The highest BCUT2D eigenvalue weighted by atomic mass is 19.1. The van der Waals surface area contributed by atoms with Gasteiger partial charge in [-0.3, -0.25) is 19.7 Å². The number of benzene rings is 1. The van der Waals surface area contributed by atoms with Crippen LogP contribution in [0.1, 0.15) is 16.8 Å². The molecule has 0 bridgehead atoms. The van der Waals surface area contributed by atoms with Gasteiger partial charge in [0.05, 0.1) is 16.9 Å². The van der Waals surface area contributed by atoms with Crippen LogP contribution in [-0.2, 0) is 4.79 Å². The van der Waals surface area contributed by atoms with E-state index in [-0.39, 0.29) is 13.0 Å². The van der Waals surface area contributed by atoms with E-state index in [0.29, 0.717) is 0 Å². The number of carboxylic acids is 1. The van der Waals surface area contributed by atoms with E-state index in [4.69, 9.17) is 5.11 Å². The third kappa shape index (κ3) is 3.73. The van der Waals surface area contributed by atoms with E-state index in [2.05, 4.69) is 0 Å². The second-order valence-corrected chi connectivity index (χ2v) is 3.79. The van der Waals surface area contributed by atoms with Gasteiger partial charge in [0.2, 0.25) is 0 Å². The van der Waals surface area contributed by atoms with Crippen LogP contribution < -0.4 is 0 Å². The van der Waals surface area contributed by atoms with E-state index >= 15 is 0 Å². The van der Waals surface area contributed by atoms with Gasteiger partial charge in [-0.1, -0.05) is 0 Å². The number of rotatable bonds is 5. The number of non-ortho nitro benzene ring substituents is 1. The maximum Gasteiger partial charge on any atom is 0.305 e. The molecule has 1 N–H and O–H groups in total. The normalized spacial score (nSPS) is 10.0. The Morgan fingerprint density at radius 2 is 2.11 bits per heavy atom. The molecule has 1 rings (SSSR count). The molecule has 0 fully saturated rings. The van der Waals surface area contributed by atoms with Gasteiger partial charge in [0.25, 0.3) is 11.6 Å². The van der Waals surface area contributed by atoms with Gasteiger partial charge in [0.1, 0.15) is 5.82 Å². The van der Waals surface area contributed by atoms with Crippen molar-refractivity contribution in [1.82, 2.24) is 4.90 Å². The van der Waals surface area contributed by atoms with Crippen molar-refractivity contribution < 1.29 is 24.0 Å².